The van der Waals surface area contributed by atoms with E-state index in [4.69, 9.17) is 9.47 Å². The number of hydrogen-bond acceptors (Lipinski definition) is 13. The summed E-state index contributed by atoms with van der Waals surface area (Å²) in [7, 11) is -4.08. The fraction of sp³-hybridized carbons (Fsp3) is 0.290. The SMILES string of the molecule is C[C@@]1(CSc2nnnn2CC(=O)OC(c2ccccc2)c2ccccc2)[C@H](C(=O)OCc2ccc([N+](=O)[O-])cc2)N2C(=O)C[C@H]2S1(=O)=O. The van der Waals surface area contributed by atoms with Crippen LogP contribution in [0.3, 0.4) is 0 Å². The van der Waals surface area contributed by atoms with Crippen LogP contribution in [-0.2, 0) is 46.8 Å². The molecule has 15 nitrogen and oxygen atoms in total. The molecule has 0 saturated carbocycles. The van der Waals surface area contributed by atoms with Crippen molar-refractivity contribution in [3.05, 3.63) is 112 Å². The maximum Gasteiger partial charge on any atom is 0.330 e. The first-order chi connectivity index (χ1) is 23.0. The molecule has 1 amide bonds. The van der Waals surface area contributed by atoms with Crippen molar-refractivity contribution < 1.29 is 37.2 Å². The molecule has 2 aliphatic rings. The molecular weight excluding hydrogens is 665 g/mol. The maximum absolute atomic E-state index is 13.7. The van der Waals surface area contributed by atoms with Gasteiger partial charge in [-0.25, -0.2) is 17.9 Å². The number of thioether (sulfide) groups is 1. The van der Waals surface area contributed by atoms with Crippen molar-refractivity contribution in [2.45, 2.75) is 53.9 Å². The number of fused-ring (bicyclic) bond motifs is 1. The Labute approximate surface area is 278 Å². The minimum absolute atomic E-state index is 0.0953. The largest absolute Gasteiger partial charge is 0.459 e. The number of aromatic nitrogens is 4. The molecule has 2 fully saturated rings. The lowest BCUT2D eigenvalue weighted by atomic mass is 9.98. The van der Waals surface area contributed by atoms with E-state index in [1.807, 2.05) is 60.7 Å². The molecule has 0 aliphatic carbocycles. The number of hydrogen-bond donors (Lipinski definition) is 0. The highest BCUT2D eigenvalue weighted by Gasteiger charge is 2.70. The number of amides is 1. The smallest absolute Gasteiger partial charge is 0.330 e. The molecule has 0 radical (unpaired) electrons. The predicted molar refractivity (Wildman–Crippen MR) is 169 cm³/mol. The van der Waals surface area contributed by atoms with Crippen LogP contribution in [0.2, 0.25) is 0 Å². The first-order valence-corrected chi connectivity index (χ1v) is 17.2. The van der Waals surface area contributed by atoms with Gasteiger partial charge in [-0.05, 0) is 46.2 Å². The van der Waals surface area contributed by atoms with Crippen molar-refractivity contribution in [2.75, 3.05) is 5.75 Å². The number of non-ortho nitro benzene ring substituents is 1. The number of tetrazole rings is 1. The van der Waals surface area contributed by atoms with Gasteiger partial charge in [0.25, 0.3) is 5.69 Å². The Balaban J connectivity index is 1.17. The van der Waals surface area contributed by atoms with Crippen LogP contribution >= 0.6 is 11.8 Å². The van der Waals surface area contributed by atoms with E-state index in [-0.39, 0.29) is 36.2 Å². The van der Waals surface area contributed by atoms with Crippen molar-refractivity contribution in [2.24, 2.45) is 0 Å². The molecule has 48 heavy (non-hydrogen) atoms. The minimum atomic E-state index is -4.08. The monoisotopic (exact) mass is 692 g/mol. The molecule has 6 rings (SSSR count). The summed E-state index contributed by atoms with van der Waals surface area (Å²) in [4.78, 5) is 50.6. The van der Waals surface area contributed by atoms with Gasteiger partial charge >= 0.3 is 11.9 Å². The summed E-state index contributed by atoms with van der Waals surface area (Å²) in [6, 6.07) is 22.3. The molecule has 4 aromatic rings. The molecule has 3 aromatic carbocycles. The number of esters is 2. The topological polar surface area (TPSA) is 194 Å². The van der Waals surface area contributed by atoms with Crippen LogP contribution < -0.4 is 0 Å². The highest BCUT2D eigenvalue weighted by Crippen LogP contribution is 2.48. The highest BCUT2D eigenvalue weighted by atomic mass is 32.2. The van der Waals surface area contributed by atoms with Crippen LogP contribution in [0.15, 0.2) is 90.1 Å². The summed E-state index contributed by atoms with van der Waals surface area (Å²) < 4.78 is 38.1. The normalized spacial score (nSPS) is 21.0. The molecule has 17 heteroatoms. The van der Waals surface area contributed by atoms with Gasteiger partial charge in [0.15, 0.2) is 22.0 Å². The standard InChI is InChI=1S/C31H28N6O9S2/c1-31(28(36-24(38)16-25(36)48(31,43)44)29(40)45-18-20-12-14-23(15-13-20)37(41)42)19-47-30-32-33-34-35(30)17-26(39)46-27(21-8-4-2-5-9-21)22-10-6-3-7-11-22/h2-15,25,27-28H,16-19H2,1H3/t25-,28+,31-/m1/s1. The minimum Gasteiger partial charge on any atom is -0.459 e. The average molecular weight is 693 g/mol. The van der Waals surface area contributed by atoms with Crippen molar-refractivity contribution in [3.63, 3.8) is 0 Å². The number of β-lactam (4-membered cyclic amide) rings is 1. The quantitative estimate of drug-likeness (QED) is 0.0692. The zero-order valence-corrected chi connectivity index (χ0v) is 27.0. The number of nitro benzene ring substituents is 1. The highest BCUT2D eigenvalue weighted by molar-refractivity contribution is 8.01. The number of benzene rings is 3. The molecule has 0 bridgehead atoms. The lowest BCUT2D eigenvalue weighted by molar-refractivity contribution is -0.384. The van der Waals surface area contributed by atoms with Gasteiger partial charge in [-0.3, -0.25) is 19.7 Å². The van der Waals surface area contributed by atoms with Crippen molar-refractivity contribution >= 4 is 45.1 Å². The average Bonchev–Trinajstić information content (AvgIpc) is 3.58. The summed E-state index contributed by atoms with van der Waals surface area (Å²) >= 11 is 0.909. The van der Waals surface area contributed by atoms with Gasteiger partial charge in [-0.2, -0.15) is 0 Å². The summed E-state index contributed by atoms with van der Waals surface area (Å²) in [5.41, 5.74) is 1.81. The second-order valence-electron chi connectivity index (χ2n) is 11.4. The zero-order valence-electron chi connectivity index (χ0n) is 25.3. The number of carbonyl (C=O) groups is 3. The van der Waals surface area contributed by atoms with Gasteiger partial charge < -0.3 is 14.4 Å². The van der Waals surface area contributed by atoms with Gasteiger partial charge in [0.05, 0.1) is 11.3 Å². The Hall–Kier alpha value is -5.16. The van der Waals surface area contributed by atoms with Crippen molar-refractivity contribution in [1.29, 1.82) is 0 Å². The second-order valence-corrected chi connectivity index (χ2v) is 14.9. The van der Waals surface area contributed by atoms with E-state index in [1.165, 1.54) is 35.9 Å². The first-order valence-electron chi connectivity index (χ1n) is 14.6. The third-order valence-corrected chi connectivity index (χ3v) is 12.5. The van der Waals surface area contributed by atoms with E-state index in [2.05, 4.69) is 15.5 Å². The van der Waals surface area contributed by atoms with Gasteiger partial charge in [0, 0.05) is 17.9 Å². The van der Waals surface area contributed by atoms with Crippen molar-refractivity contribution in [1.82, 2.24) is 25.1 Å². The molecule has 248 valence electrons. The Morgan fingerprint density at radius 3 is 2.25 bits per heavy atom. The van der Waals surface area contributed by atoms with E-state index in [9.17, 15) is 32.9 Å². The summed E-state index contributed by atoms with van der Waals surface area (Å²) in [5.74, 6) is -2.34. The van der Waals surface area contributed by atoms with Crippen LogP contribution in [0.25, 0.3) is 0 Å². The van der Waals surface area contributed by atoms with E-state index >= 15 is 0 Å². The number of rotatable bonds is 12. The van der Waals surface area contributed by atoms with Crippen LogP contribution in [0.1, 0.15) is 36.1 Å². The fourth-order valence-corrected chi connectivity index (χ4v) is 9.48. The number of nitro groups is 1. The summed E-state index contributed by atoms with van der Waals surface area (Å²) in [6.45, 7) is 0.685. The van der Waals surface area contributed by atoms with Gasteiger partial charge in [-0.1, -0.05) is 72.4 Å². The molecule has 3 atom stereocenters. The second kappa shape index (κ2) is 13.2. The maximum atomic E-state index is 13.7. The molecule has 0 N–H and O–H groups in total. The zero-order chi connectivity index (χ0) is 34.1. The van der Waals surface area contributed by atoms with E-state index in [0.29, 0.717) is 5.56 Å². The lowest BCUT2D eigenvalue weighted by Gasteiger charge is -2.36. The fourth-order valence-electron chi connectivity index (χ4n) is 5.68. The Kier molecular flexibility index (Phi) is 8.98. The van der Waals surface area contributed by atoms with Crippen molar-refractivity contribution in [3.8, 4) is 0 Å². The summed E-state index contributed by atoms with van der Waals surface area (Å²) in [5, 5.41) is 21.3. The Bertz CT molecular complexity index is 1920. The molecule has 2 saturated heterocycles. The van der Waals surface area contributed by atoms with Gasteiger partial charge in [-0.15, -0.1) is 5.10 Å². The lowest BCUT2D eigenvalue weighted by Crippen LogP contribution is -2.58. The van der Waals surface area contributed by atoms with Gasteiger partial charge in [0.1, 0.15) is 23.3 Å². The summed E-state index contributed by atoms with van der Waals surface area (Å²) in [6.07, 6.45) is -0.961. The predicted octanol–water partition coefficient (Wildman–Crippen LogP) is 2.86. The molecule has 2 aliphatic heterocycles. The number of sulfone groups is 1. The molecule has 1 aromatic heterocycles. The van der Waals surface area contributed by atoms with Crippen LogP contribution in [0, 0.1) is 10.1 Å². The third kappa shape index (κ3) is 6.13. The number of nitrogens with zero attached hydrogens (tertiary/aromatic N) is 6. The number of carbonyl (C=O) groups excluding carboxylic acids is 3. The Morgan fingerprint density at radius 2 is 1.67 bits per heavy atom. The molecule has 3 heterocycles. The van der Waals surface area contributed by atoms with E-state index in [0.717, 1.165) is 27.8 Å². The van der Waals surface area contributed by atoms with E-state index < -0.39 is 54.9 Å². The first kappa shape index (κ1) is 32.8. The van der Waals surface area contributed by atoms with Crippen LogP contribution in [0.5, 0.6) is 0 Å². The Morgan fingerprint density at radius 1 is 1.04 bits per heavy atom. The van der Waals surface area contributed by atoms with Gasteiger partial charge in [0.2, 0.25) is 11.1 Å². The van der Waals surface area contributed by atoms with Crippen LogP contribution in [-0.4, -0.2) is 78.2 Å². The van der Waals surface area contributed by atoms with E-state index in [1.54, 1.807) is 0 Å². The molecule has 0 unspecified atom stereocenters. The number of ether oxygens (including phenoxy) is 2. The van der Waals surface area contributed by atoms with Crippen LogP contribution in [0.4, 0.5) is 5.69 Å². The molecular formula is C31H28N6O9S2. The molecule has 0 spiro atoms. The third-order valence-electron chi connectivity index (χ3n) is 8.28.